The Hall–Kier alpha value is -1.40. The Morgan fingerprint density at radius 2 is 1.72 bits per heavy atom. The number of esters is 2. The highest BCUT2D eigenvalue weighted by atomic mass is 16.6. The van der Waals surface area contributed by atoms with Gasteiger partial charge in [-0.1, -0.05) is 25.5 Å². The average Bonchev–Trinajstić information content (AvgIpc) is 2.87. The highest BCUT2D eigenvalue weighted by Crippen LogP contribution is 2.65. The number of hydrogen-bond donors (Lipinski definition) is 2. The maximum Gasteiger partial charge on any atom is 0.302 e. The molecular weight excluding hydrogens is 372 g/mol. The fraction of sp³-hybridized carbons (Fsp3) is 0.826. The molecule has 0 aromatic carbocycles. The number of hydrogen-bond acceptors (Lipinski definition) is 6. The second-order valence-corrected chi connectivity index (χ2v) is 10.2. The normalized spacial score (nSPS) is 48.6. The van der Waals surface area contributed by atoms with E-state index in [4.69, 9.17) is 9.47 Å². The summed E-state index contributed by atoms with van der Waals surface area (Å²) >= 11 is 0. The van der Waals surface area contributed by atoms with Gasteiger partial charge in [-0.25, -0.2) is 0 Å². The van der Waals surface area contributed by atoms with E-state index in [1.165, 1.54) is 19.4 Å². The van der Waals surface area contributed by atoms with Crippen molar-refractivity contribution < 1.29 is 29.3 Å². The Balaban J connectivity index is 1.63. The minimum atomic E-state index is -0.692. The van der Waals surface area contributed by atoms with Gasteiger partial charge in [-0.3, -0.25) is 9.59 Å². The summed E-state index contributed by atoms with van der Waals surface area (Å²) in [4.78, 5) is 22.9. The number of aliphatic hydroxyl groups is 2. The molecule has 9 atom stereocenters. The van der Waals surface area contributed by atoms with Gasteiger partial charge in [0.05, 0.1) is 12.2 Å². The van der Waals surface area contributed by atoms with E-state index in [0.29, 0.717) is 18.8 Å². The van der Waals surface area contributed by atoms with E-state index in [9.17, 15) is 19.8 Å². The van der Waals surface area contributed by atoms with Crippen LogP contribution in [0.25, 0.3) is 0 Å². The molecule has 162 valence electrons. The Bertz CT molecular complexity index is 731. The fourth-order valence-corrected chi connectivity index (χ4v) is 7.24. The maximum absolute atomic E-state index is 11.5. The van der Waals surface area contributed by atoms with Crippen LogP contribution in [-0.2, 0) is 19.1 Å². The molecule has 4 rings (SSSR count). The van der Waals surface area contributed by atoms with E-state index in [-0.39, 0.29) is 40.7 Å². The summed E-state index contributed by atoms with van der Waals surface area (Å²) < 4.78 is 10.9. The summed E-state index contributed by atoms with van der Waals surface area (Å²) in [5.41, 5.74) is 0.841. The van der Waals surface area contributed by atoms with Gasteiger partial charge in [-0.2, -0.15) is 0 Å². The minimum absolute atomic E-state index is 0.0215. The molecule has 4 aliphatic carbocycles. The molecule has 0 aromatic rings. The van der Waals surface area contributed by atoms with Crippen molar-refractivity contribution >= 4 is 11.9 Å². The standard InChI is InChI=1S/C23H34O6/c1-12(24)28-15-5-7-22(3)14(9-15)10-18(26)20-16(22)6-8-23(4)17(20)11-19(21(23)27)29-13(2)25/h10,15-21,26-27H,5-9,11H2,1-4H3/t15-,16+,17+,18+,19-,20-,21+,22+,23+/m1/s1. The summed E-state index contributed by atoms with van der Waals surface area (Å²) in [6.07, 6.45) is 4.98. The molecule has 0 spiro atoms. The first-order chi connectivity index (χ1) is 13.6. The van der Waals surface area contributed by atoms with Gasteiger partial charge in [0.1, 0.15) is 12.2 Å². The predicted octanol–water partition coefficient (Wildman–Crippen LogP) is 2.75. The van der Waals surface area contributed by atoms with E-state index < -0.39 is 18.3 Å². The zero-order chi connectivity index (χ0) is 21.1. The van der Waals surface area contributed by atoms with Crippen molar-refractivity contribution in [3.63, 3.8) is 0 Å². The molecule has 6 nitrogen and oxygen atoms in total. The number of carbonyl (C=O) groups is 2. The van der Waals surface area contributed by atoms with Gasteiger partial charge < -0.3 is 19.7 Å². The zero-order valence-corrected chi connectivity index (χ0v) is 17.9. The second-order valence-electron chi connectivity index (χ2n) is 10.2. The molecule has 0 amide bonds. The molecule has 0 aliphatic heterocycles. The summed E-state index contributed by atoms with van der Waals surface area (Å²) in [6, 6.07) is 0. The van der Waals surface area contributed by atoms with Gasteiger partial charge in [0.2, 0.25) is 0 Å². The van der Waals surface area contributed by atoms with Crippen molar-refractivity contribution in [2.45, 2.75) is 90.6 Å². The Morgan fingerprint density at radius 3 is 2.38 bits per heavy atom. The van der Waals surface area contributed by atoms with Crippen molar-refractivity contribution in [1.29, 1.82) is 0 Å². The average molecular weight is 407 g/mol. The quantitative estimate of drug-likeness (QED) is 0.541. The second kappa shape index (κ2) is 7.09. The highest BCUT2D eigenvalue weighted by molar-refractivity contribution is 5.66. The third-order valence-electron chi connectivity index (χ3n) is 8.69. The van der Waals surface area contributed by atoms with Crippen LogP contribution in [0.5, 0.6) is 0 Å². The Morgan fingerprint density at radius 1 is 1.03 bits per heavy atom. The Kier molecular flexibility index (Phi) is 5.10. The molecule has 3 fully saturated rings. The summed E-state index contributed by atoms with van der Waals surface area (Å²) in [6.45, 7) is 7.21. The van der Waals surface area contributed by atoms with Crippen molar-refractivity contribution in [2.75, 3.05) is 0 Å². The SMILES string of the molecule is CC(=O)O[C@@H]1CC[C@@]2(C)C(=C[C@H](O)[C@H]3[C@@H]4C[C@@H](OC(C)=O)[C@H](O)[C@@]4(C)CC[C@@H]32)C1. The van der Waals surface area contributed by atoms with Gasteiger partial charge >= 0.3 is 11.9 Å². The number of carbonyl (C=O) groups excluding carboxylic acids is 2. The lowest BCUT2D eigenvalue weighted by Gasteiger charge is -2.58. The molecule has 0 radical (unpaired) electrons. The van der Waals surface area contributed by atoms with Crippen LogP contribution in [0.4, 0.5) is 0 Å². The lowest BCUT2D eigenvalue weighted by Crippen LogP contribution is -2.55. The van der Waals surface area contributed by atoms with Gasteiger partial charge in [0.15, 0.2) is 0 Å². The fourth-order valence-electron chi connectivity index (χ4n) is 7.24. The van der Waals surface area contributed by atoms with Crippen LogP contribution < -0.4 is 0 Å². The molecule has 4 aliphatic rings. The molecule has 0 bridgehead atoms. The van der Waals surface area contributed by atoms with Crippen LogP contribution >= 0.6 is 0 Å². The molecule has 0 unspecified atom stereocenters. The minimum Gasteiger partial charge on any atom is -0.462 e. The van der Waals surface area contributed by atoms with Gasteiger partial charge in [0.25, 0.3) is 0 Å². The number of rotatable bonds is 2. The van der Waals surface area contributed by atoms with Crippen LogP contribution in [0.1, 0.15) is 66.2 Å². The van der Waals surface area contributed by atoms with Crippen LogP contribution in [0.3, 0.4) is 0 Å². The van der Waals surface area contributed by atoms with Gasteiger partial charge in [-0.15, -0.1) is 0 Å². The summed E-state index contributed by atoms with van der Waals surface area (Å²) in [5.74, 6) is -0.148. The predicted molar refractivity (Wildman–Crippen MR) is 106 cm³/mol. The zero-order valence-electron chi connectivity index (χ0n) is 17.9. The van der Waals surface area contributed by atoms with Crippen molar-refractivity contribution in [1.82, 2.24) is 0 Å². The highest BCUT2D eigenvalue weighted by Gasteiger charge is 2.63. The largest absolute Gasteiger partial charge is 0.462 e. The van der Waals surface area contributed by atoms with E-state index >= 15 is 0 Å². The van der Waals surface area contributed by atoms with Gasteiger partial charge in [-0.05, 0) is 55.3 Å². The topological polar surface area (TPSA) is 93.1 Å². The van der Waals surface area contributed by atoms with Crippen molar-refractivity contribution in [3.8, 4) is 0 Å². The maximum atomic E-state index is 11.5. The van der Waals surface area contributed by atoms with Crippen molar-refractivity contribution in [3.05, 3.63) is 11.6 Å². The van der Waals surface area contributed by atoms with E-state index in [1.807, 2.05) is 6.08 Å². The number of fused-ring (bicyclic) bond motifs is 5. The molecule has 29 heavy (non-hydrogen) atoms. The molecule has 3 saturated carbocycles. The molecule has 2 N–H and O–H groups in total. The number of aliphatic hydroxyl groups excluding tert-OH is 2. The van der Waals surface area contributed by atoms with Crippen LogP contribution in [0.2, 0.25) is 0 Å². The smallest absolute Gasteiger partial charge is 0.302 e. The molecule has 0 aromatic heterocycles. The molecule has 0 heterocycles. The van der Waals surface area contributed by atoms with Crippen LogP contribution in [0, 0.1) is 28.6 Å². The third-order valence-corrected chi connectivity index (χ3v) is 8.69. The molecular formula is C23H34O6. The number of ether oxygens (including phenoxy) is 2. The lowest BCUT2D eigenvalue weighted by molar-refractivity contribution is -0.155. The molecule has 0 saturated heterocycles. The summed E-state index contributed by atoms with van der Waals surface area (Å²) in [5, 5.41) is 22.1. The third kappa shape index (κ3) is 3.23. The lowest BCUT2D eigenvalue weighted by atomic mass is 9.47. The first-order valence-corrected chi connectivity index (χ1v) is 11.0. The Labute approximate surface area is 172 Å². The summed E-state index contributed by atoms with van der Waals surface area (Å²) in [7, 11) is 0. The van der Waals surface area contributed by atoms with E-state index in [2.05, 4.69) is 13.8 Å². The molecule has 6 heteroatoms. The van der Waals surface area contributed by atoms with Gasteiger partial charge in [0, 0.05) is 25.7 Å². The van der Waals surface area contributed by atoms with E-state index in [0.717, 1.165) is 25.7 Å². The monoisotopic (exact) mass is 406 g/mol. The van der Waals surface area contributed by atoms with Crippen LogP contribution in [-0.4, -0.2) is 46.6 Å². The van der Waals surface area contributed by atoms with Crippen molar-refractivity contribution in [2.24, 2.45) is 28.6 Å². The first kappa shape index (κ1) is 20.9. The van der Waals surface area contributed by atoms with Crippen LogP contribution in [0.15, 0.2) is 11.6 Å². The first-order valence-electron chi connectivity index (χ1n) is 11.0. The van der Waals surface area contributed by atoms with E-state index in [1.54, 1.807) is 0 Å².